The van der Waals surface area contributed by atoms with Crippen LogP contribution in [0.5, 0.6) is 0 Å². The Morgan fingerprint density at radius 3 is 2.81 bits per heavy atom. The van der Waals surface area contributed by atoms with E-state index in [1.807, 2.05) is 37.4 Å². The second-order valence-corrected chi connectivity index (χ2v) is 5.58. The summed E-state index contributed by atoms with van der Waals surface area (Å²) in [6, 6.07) is 10.3. The van der Waals surface area contributed by atoms with Crippen molar-refractivity contribution in [1.82, 2.24) is 10.2 Å². The quantitative estimate of drug-likeness (QED) is 0.871. The van der Waals surface area contributed by atoms with E-state index in [1.165, 1.54) is 0 Å². The molecule has 21 heavy (non-hydrogen) atoms. The Bertz CT molecular complexity index is 500. The number of oxime groups is 1. The molecule has 0 fully saturated rings. The van der Waals surface area contributed by atoms with Crippen LogP contribution in [0.25, 0.3) is 0 Å². The summed E-state index contributed by atoms with van der Waals surface area (Å²) in [6.45, 7) is 5.69. The van der Waals surface area contributed by atoms with Crippen molar-refractivity contribution in [3.63, 3.8) is 0 Å². The second-order valence-electron chi connectivity index (χ2n) is 5.58. The molecule has 1 aliphatic rings. The van der Waals surface area contributed by atoms with Crippen molar-refractivity contribution in [2.24, 2.45) is 5.16 Å². The first-order chi connectivity index (χ1) is 10.1. The van der Waals surface area contributed by atoms with Crippen molar-refractivity contribution >= 4 is 11.6 Å². The van der Waals surface area contributed by atoms with Crippen molar-refractivity contribution in [3.05, 3.63) is 35.9 Å². The third-order valence-corrected chi connectivity index (χ3v) is 3.73. The van der Waals surface area contributed by atoms with E-state index in [-0.39, 0.29) is 12.0 Å². The molecule has 0 spiro atoms. The Kier molecular flexibility index (Phi) is 5.33. The molecule has 0 saturated carbocycles. The van der Waals surface area contributed by atoms with E-state index in [0.717, 1.165) is 12.1 Å². The van der Waals surface area contributed by atoms with Gasteiger partial charge in [0.1, 0.15) is 5.71 Å². The van der Waals surface area contributed by atoms with Crippen LogP contribution in [0, 0.1) is 0 Å². The SMILES string of the molecule is CC(C)N(C)CCNC(=O)C1=NOC(c2ccccc2)C1. The summed E-state index contributed by atoms with van der Waals surface area (Å²) < 4.78 is 0. The number of hydrogen-bond acceptors (Lipinski definition) is 4. The Hall–Kier alpha value is -1.88. The lowest BCUT2D eigenvalue weighted by molar-refractivity contribution is -0.115. The van der Waals surface area contributed by atoms with Gasteiger partial charge in [0.2, 0.25) is 0 Å². The van der Waals surface area contributed by atoms with E-state index in [4.69, 9.17) is 4.84 Å². The zero-order valence-corrected chi connectivity index (χ0v) is 12.9. The lowest BCUT2D eigenvalue weighted by Gasteiger charge is -2.20. The molecule has 1 aromatic rings. The average molecular weight is 289 g/mol. The molecule has 1 N–H and O–H groups in total. The van der Waals surface area contributed by atoms with Gasteiger partial charge in [-0.25, -0.2) is 0 Å². The van der Waals surface area contributed by atoms with Crippen LogP contribution in [0.2, 0.25) is 0 Å². The molecule has 1 aromatic carbocycles. The maximum atomic E-state index is 12.0. The van der Waals surface area contributed by atoms with Gasteiger partial charge in [-0.1, -0.05) is 35.5 Å². The molecular formula is C16H23N3O2. The number of likely N-dealkylation sites (N-methyl/N-ethyl adjacent to an activating group) is 1. The smallest absolute Gasteiger partial charge is 0.269 e. The third kappa shape index (κ3) is 4.29. The summed E-state index contributed by atoms with van der Waals surface area (Å²) in [4.78, 5) is 19.6. The molecule has 1 heterocycles. The Morgan fingerprint density at radius 2 is 2.14 bits per heavy atom. The Balaban J connectivity index is 1.77. The summed E-state index contributed by atoms with van der Waals surface area (Å²) in [5.74, 6) is -0.134. The van der Waals surface area contributed by atoms with E-state index in [0.29, 0.717) is 24.7 Å². The normalized spacial score (nSPS) is 17.8. The molecule has 5 heteroatoms. The van der Waals surface area contributed by atoms with Crippen molar-refractivity contribution < 1.29 is 9.63 Å². The number of rotatable bonds is 6. The molecule has 1 unspecified atom stereocenters. The molecular weight excluding hydrogens is 266 g/mol. The summed E-state index contributed by atoms with van der Waals surface area (Å²) in [5, 5.41) is 6.81. The highest BCUT2D eigenvalue weighted by Gasteiger charge is 2.26. The number of carbonyl (C=O) groups is 1. The van der Waals surface area contributed by atoms with E-state index < -0.39 is 0 Å². The number of amides is 1. The van der Waals surface area contributed by atoms with E-state index in [2.05, 4.69) is 29.2 Å². The van der Waals surface area contributed by atoms with Crippen LogP contribution in [-0.2, 0) is 9.63 Å². The first-order valence-corrected chi connectivity index (χ1v) is 7.34. The van der Waals surface area contributed by atoms with Gasteiger partial charge in [0, 0.05) is 25.6 Å². The van der Waals surface area contributed by atoms with Gasteiger partial charge in [-0.3, -0.25) is 4.79 Å². The highest BCUT2D eigenvalue weighted by atomic mass is 16.6. The fourth-order valence-electron chi connectivity index (χ4n) is 2.06. The number of benzene rings is 1. The van der Waals surface area contributed by atoms with Crippen LogP contribution in [0.15, 0.2) is 35.5 Å². The molecule has 0 radical (unpaired) electrons. The highest BCUT2D eigenvalue weighted by molar-refractivity contribution is 6.39. The molecule has 5 nitrogen and oxygen atoms in total. The maximum Gasteiger partial charge on any atom is 0.269 e. The highest BCUT2D eigenvalue weighted by Crippen LogP contribution is 2.26. The minimum absolute atomic E-state index is 0.134. The predicted molar refractivity (Wildman–Crippen MR) is 83.1 cm³/mol. The standard InChI is InChI=1S/C16H23N3O2/c1-12(2)19(3)10-9-17-16(20)14-11-15(21-18-14)13-7-5-4-6-8-13/h4-8,12,15H,9-11H2,1-3H3,(H,17,20). The van der Waals surface area contributed by atoms with Crippen molar-refractivity contribution in [2.75, 3.05) is 20.1 Å². The van der Waals surface area contributed by atoms with Gasteiger partial charge in [-0.05, 0) is 26.5 Å². The zero-order chi connectivity index (χ0) is 15.2. The topological polar surface area (TPSA) is 53.9 Å². The molecule has 114 valence electrons. The van der Waals surface area contributed by atoms with Crippen molar-refractivity contribution in [2.45, 2.75) is 32.4 Å². The monoisotopic (exact) mass is 289 g/mol. The molecule has 0 saturated heterocycles. The average Bonchev–Trinajstić information content (AvgIpc) is 2.97. The van der Waals surface area contributed by atoms with E-state index in [1.54, 1.807) is 0 Å². The lowest BCUT2D eigenvalue weighted by atomic mass is 10.0. The number of hydrogen-bond donors (Lipinski definition) is 1. The van der Waals surface area contributed by atoms with Gasteiger partial charge in [0.15, 0.2) is 6.10 Å². The van der Waals surface area contributed by atoms with E-state index in [9.17, 15) is 4.79 Å². The van der Waals surface area contributed by atoms with E-state index >= 15 is 0 Å². The molecule has 0 bridgehead atoms. The molecule has 1 amide bonds. The Labute approximate surface area is 126 Å². The molecule has 0 aliphatic carbocycles. The van der Waals surface area contributed by atoms with Crippen molar-refractivity contribution in [3.8, 4) is 0 Å². The molecule has 2 rings (SSSR count). The number of carbonyl (C=O) groups excluding carboxylic acids is 1. The summed E-state index contributed by atoms with van der Waals surface area (Å²) >= 11 is 0. The molecule has 0 aromatic heterocycles. The first-order valence-electron chi connectivity index (χ1n) is 7.34. The first kappa shape index (κ1) is 15.5. The number of nitrogens with zero attached hydrogens (tertiary/aromatic N) is 2. The Morgan fingerprint density at radius 1 is 1.43 bits per heavy atom. The third-order valence-electron chi connectivity index (χ3n) is 3.73. The van der Waals surface area contributed by atoms with Crippen LogP contribution in [-0.4, -0.2) is 42.7 Å². The largest absolute Gasteiger partial charge is 0.387 e. The zero-order valence-electron chi connectivity index (χ0n) is 12.9. The summed E-state index contributed by atoms with van der Waals surface area (Å²) in [7, 11) is 2.04. The van der Waals surface area contributed by atoms with Crippen LogP contribution < -0.4 is 5.32 Å². The predicted octanol–water partition coefficient (Wildman–Crippen LogP) is 1.96. The second kappa shape index (κ2) is 7.22. The number of nitrogens with one attached hydrogen (secondary N) is 1. The fourth-order valence-corrected chi connectivity index (χ4v) is 2.06. The lowest BCUT2D eigenvalue weighted by Crippen LogP contribution is -2.38. The summed E-state index contributed by atoms with van der Waals surface area (Å²) in [6.07, 6.45) is 0.376. The van der Waals surface area contributed by atoms with Crippen LogP contribution >= 0.6 is 0 Å². The molecule has 1 aliphatic heterocycles. The fraction of sp³-hybridized carbons (Fsp3) is 0.500. The van der Waals surface area contributed by atoms with Crippen molar-refractivity contribution in [1.29, 1.82) is 0 Å². The van der Waals surface area contributed by atoms with Gasteiger partial charge in [-0.2, -0.15) is 0 Å². The summed E-state index contributed by atoms with van der Waals surface area (Å²) in [5.41, 5.74) is 1.51. The van der Waals surface area contributed by atoms with Gasteiger partial charge in [-0.15, -0.1) is 0 Å². The van der Waals surface area contributed by atoms with Gasteiger partial charge < -0.3 is 15.1 Å². The van der Waals surface area contributed by atoms with Crippen LogP contribution in [0.3, 0.4) is 0 Å². The van der Waals surface area contributed by atoms with Crippen LogP contribution in [0.1, 0.15) is 31.9 Å². The molecule has 1 atom stereocenters. The minimum atomic E-state index is -0.148. The van der Waals surface area contributed by atoms with Gasteiger partial charge >= 0.3 is 0 Å². The van der Waals surface area contributed by atoms with Gasteiger partial charge in [0.05, 0.1) is 0 Å². The maximum absolute atomic E-state index is 12.0. The van der Waals surface area contributed by atoms with Gasteiger partial charge in [0.25, 0.3) is 5.91 Å². The minimum Gasteiger partial charge on any atom is -0.387 e. The van der Waals surface area contributed by atoms with Crippen LogP contribution in [0.4, 0.5) is 0 Å².